The number of hydrogen-bond donors (Lipinski definition) is 0. The molecular weight excluding hydrogens is 196 g/mol. The van der Waals surface area contributed by atoms with E-state index in [4.69, 9.17) is 0 Å². The minimum absolute atomic E-state index is 0.261. The molecule has 88 valence electrons. The first-order chi connectivity index (χ1) is 7.63. The molecule has 0 spiro atoms. The van der Waals surface area contributed by atoms with Gasteiger partial charge in [-0.1, -0.05) is 51.5 Å². The normalized spacial score (nSPS) is 10.8. The number of carbonyl (C=O) groups excluding carboxylic acids is 1. The molecule has 0 atom stereocenters. The second kappa shape index (κ2) is 6.47. The summed E-state index contributed by atoms with van der Waals surface area (Å²) in [4.78, 5) is 11.8. The van der Waals surface area contributed by atoms with Gasteiger partial charge in [0.25, 0.3) is 0 Å². The molecule has 1 aromatic carbocycles. The van der Waals surface area contributed by atoms with Crippen molar-refractivity contribution in [3.05, 3.63) is 35.4 Å². The van der Waals surface area contributed by atoms with E-state index in [1.165, 1.54) is 18.4 Å². The first-order valence-electron chi connectivity index (χ1n) is 6.25. The van der Waals surface area contributed by atoms with Gasteiger partial charge >= 0.3 is 0 Å². The van der Waals surface area contributed by atoms with Crippen molar-refractivity contribution in [3.63, 3.8) is 0 Å². The second-order valence-electron chi connectivity index (χ2n) is 4.82. The van der Waals surface area contributed by atoms with Crippen LogP contribution in [0, 0.1) is 5.92 Å². The SMILES string of the molecule is CCCCc1ccc(C(=O)CC(C)C)cc1. The van der Waals surface area contributed by atoms with Gasteiger partial charge in [-0.2, -0.15) is 0 Å². The highest BCUT2D eigenvalue weighted by atomic mass is 16.1. The van der Waals surface area contributed by atoms with Crippen molar-refractivity contribution < 1.29 is 4.79 Å². The number of carbonyl (C=O) groups is 1. The average Bonchev–Trinajstić information content (AvgIpc) is 2.26. The maximum atomic E-state index is 11.8. The molecular formula is C15H22O. The highest BCUT2D eigenvalue weighted by Gasteiger charge is 2.07. The second-order valence-corrected chi connectivity index (χ2v) is 4.82. The van der Waals surface area contributed by atoms with Crippen molar-refractivity contribution in [2.75, 3.05) is 0 Å². The number of hydrogen-bond acceptors (Lipinski definition) is 1. The average molecular weight is 218 g/mol. The molecule has 0 amide bonds. The highest BCUT2D eigenvalue weighted by Crippen LogP contribution is 2.12. The van der Waals surface area contributed by atoms with E-state index in [0.29, 0.717) is 12.3 Å². The summed E-state index contributed by atoms with van der Waals surface area (Å²) in [6, 6.07) is 8.11. The lowest BCUT2D eigenvalue weighted by Gasteiger charge is -2.05. The molecule has 0 unspecified atom stereocenters. The highest BCUT2D eigenvalue weighted by molar-refractivity contribution is 5.96. The van der Waals surface area contributed by atoms with Crippen LogP contribution in [0.25, 0.3) is 0 Å². The fourth-order valence-corrected chi connectivity index (χ4v) is 1.73. The van der Waals surface area contributed by atoms with Gasteiger partial charge in [0, 0.05) is 12.0 Å². The molecule has 0 fully saturated rings. The zero-order chi connectivity index (χ0) is 12.0. The molecule has 0 aliphatic rings. The maximum absolute atomic E-state index is 11.8. The van der Waals surface area contributed by atoms with Crippen LogP contribution in [0.5, 0.6) is 0 Å². The predicted molar refractivity (Wildman–Crippen MR) is 68.8 cm³/mol. The van der Waals surface area contributed by atoms with Crippen LogP contribution >= 0.6 is 0 Å². The molecule has 1 heteroatoms. The number of aryl methyl sites for hydroxylation is 1. The van der Waals surface area contributed by atoms with E-state index < -0.39 is 0 Å². The Labute approximate surface area is 98.9 Å². The topological polar surface area (TPSA) is 17.1 Å². The number of ketones is 1. The Hall–Kier alpha value is -1.11. The van der Waals surface area contributed by atoms with Crippen LogP contribution in [-0.4, -0.2) is 5.78 Å². The molecule has 1 aromatic rings. The molecule has 0 bridgehead atoms. The van der Waals surface area contributed by atoms with Gasteiger partial charge in [0.2, 0.25) is 0 Å². The van der Waals surface area contributed by atoms with Crippen molar-refractivity contribution in [1.29, 1.82) is 0 Å². The van der Waals surface area contributed by atoms with Crippen LogP contribution in [0.15, 0.2) is 24.3 Å². The van der Waals surface area contributed by atoms with E-state index in [1.807, 2.05) is 12.1 Å². The molecule has 0 aromatic heterocycles. The standard InChI is InChI=1S/C15H22O/c1-4-5-6-13-7-9-14(10-8-13)15(16)11-12(2)3/h7-10,12H,4-6,11H2,1-3H3. The Morgan fingerprint density at radius 2 is 1.81 bits per heavy atom. The van der Waals surface area contributed by atoms with Gasteiger partial charge in [0.15, 0.2) is 5.78 Å². The molecule has 0 N–H and O–H groups in total. The molecule has 16 heavy (non-hydrogen) atoms. The van der Waals surface area contributed by atoms with Crippen LogP contribution in [0.3, 0.4) is 0 Å². The number of rotatable bonds is 6. The number of unbranched alkanes of at least 4 members (excludes halogenated alkanes) is 1. The summed E-state index contributed by atoms with van der Waals surface area (Å²) in [6.45, 7) is 6.35. The van der Waals surface area contributed by atoms with E-state index in [2.05, 4.69) is 32.9 Å². The van der Waals surface area contributed by atoms with Crippen molar-refractivity contribution in [1.82, 2.24) is 0 Å². The van der Waals surface area contributed by atoms with Gasteiger partial charge in [-0.05, 0) is 24.3 Å². The largest absolute Gasteiger partial charge is 0.294 e. The van der Waals surface area contributed by atoms with Crippen LogP contribution < -0.4 is 0 Å². The number of Topliss-reactive ketones (excluding diaryl/α,β-unsaturated/α-hetero) is 1. The van der Waals surface area contributed by atoms with E-state index in [-0.39, 0.29) is 5.78 Å². The molecule has 0 heterocycles. The van der Waals surface area contributed by atoms with Crippen molar-refractivity contribution in [2.45, 2.75) is 46.5 Å². The predicted octanol–water partition coefficient (Wildman–Crippen LogP) is 4.26. The van der Waals surface area contributed by atoms with Crippen molar-refractivity contribution in [3.8, 4) is 0 Å². The molecule has 0 aliphatic carbocycles. The zero-order valence-electron chi connectivity index (χ0n) is 10.6. The van der Waals surface area contributed by atoms with Crippen molar-refractivity contribution in [2.24, 2.45) is 5.92 Å². The minimum Gasteiger partial charge on any atom is -0.294 e. The summed E-state index contributed by atoms with van der Waals surface area (Å²) in [5.41, 5.74) is 2.19. The molecule has 0 radical (unpaired) electrons. The Morgan fingerprint density at radius 3 is 2.31 bits per heavy atom. The minimum atomic E-state index is 0.261. The monoisotopic (exact) mass is 218 g/mol. The van der Waals surface area contributed by atoms with Gasteiger partial charge < -0.3 is 0 Å². The molecule has 0 aliphatic heterocycles. The molecule has 0 saturated heterocycles. The summed E-state index contributed by atoms with van der Waals surface area (Å²) in [5, 5.41) is 0. The van der Waals surface area contributed by atoms with Crippen LogP contribution in [-0.2, 0) is 6.42 Å². The Kier molecular flexibility index (Phi) is 5.24. The Balaban J connectivity index is 2.60. The van der Waals surface area contributed by atoms with Gasteiger partial charge in [-0.25, -0.2) is 0 Å². The third-order valence-electron chi connectivity index (χ3n) is 2.69. The summed E-state index contributed by atoms with van der Waals surface area (Å²) >= 11 is 0. The Bertz CT molecular complexity index is 322. The quantitative estimate of drug-likeness (QED) is 0.652. The lowest BCUT2D eigenvalue weighted by Crippen LogP contribution is -2.03. The van der Waals surface area contributed by atoms with Gasteiger partial charge in [-0.15, -0.1) is 0 Å². The Morgan fingerprint density at radius 1 is 1.19 bits per heavy atom. The third-order valence-corrected chi connectivity index (χ3v) is 2.69. The van der Waals surface area contributed by atoms with E-state index in [1.54, 1.807) is 0 Å². The lowest BCUT2D eigenvalue weighted by atomic mass is 9.99. The van der Waals surface area contributed by atoms with Gasteiger partial charge in [0.1, 0.15) is 0 Å². The summed E-state index contributed by atoms with van der Waals surface area (Å²) in [5.74, 6) is 0.698. The molecule has 0 saturated carbocycles. The fourth-order valence-electron chi connectivity index (χ4n) is 1.73. The first kappa shape index (κ1) is 13.0. The van der Waals surface area contributed by atoms with E-state index in [9.17, 15) is 4.79 Å². The lowest BCUT2D eigenvalue weighted by molar-refractivity contribution is 0.0968. The van der Waals surface area contributed by atoms with E-state index >= 15 is 0 Å². The van der Waals surface area contributed by atoms with Gasteiger partial charge in [-0.3, -0.25) is 4.79 Å². The smallest absolute Gasteiger partial charge is 0.163 e. The number of benzene rings is 1. The molecule has 1 nitrogen and oxygen atoms in total. The summed E-state index contributed by atoms with van der Waals surface area (Å²) in [6.07, 6.45) is 4.21. The van der Waals surface area contributed by atoms with Crippen molar-refractivity contribution >= 4 is 5.78 Å². The zero-order valence-corrected chi connectivity index (χ0v) is 10.6. The summed E-state index contributed by atoms with van der Waals surface area (Å²) < 4.78 is 0. The fraction of sp³-hybridized carbons (Fsp3) is 0.533. The van der Waals surface area contributed by atoms with Crippen LogP contribution in [0.2, 0.25) is 0 Å². The maximum Gasteiger partial charge on any atom is 0.163 e. The van der Waals surface area contributed by atoms with Crippen LogP contribution in [0.4, 0.5) is 0 Å². The first-order valence-corrected chi connectivity index (χ1v) is 6.25. The van der Waals surface area contributed by atoms with E-state index in [0.717, 1.165) is 12.0 Å². The van der Waals surface area contributed by atoms with Gasteiger partial charge in [0.05, 0.1) is 0 Å². The van der Waals surface area contributed by atoms with Crippen LogP contribution in [0.1, 0.15) is 56.0 Å². The third kappa shape index (κ3) is 4.18. The molecule has 1 rings (SSSR count). The summed E-state index contributed by atoms with van der Waals surface area (Å²) in [7, 11) is 0.